The van der Waals surface area contributed by atoms with Gasteiger partial charge in [-0.3, -0.25) is 38.5 Å². The van der Waals surface area contributed by atoms with Crippen molar-refractivity contribution in [2.45, 2.75) is 116 Å². The number of fused-ring (bicyclic) bond motifs is 1. The summed E-state index contributed by atoms with van der Waals surface area (Å²) in [5, 5.41) is 0. The van der Waals surface area contributed by atoms with Crippen LogP contribution in [0.2, 0.25) is 0 Å². The molecule has 0 saturated carbocycles. The minimum Gasteiger partial charge on any atom is -0.463 e. The van der Waals surface area contributed by atoms with Gasteiger partial charge in [0.2, 0.25) is 0 Å². The number of carbonyl (C=O) groups excluding carboxylic acids is 9. The number of esters is 7. The van der Waals surface area contributed by atoms with E-state index < -0.39 is 134 Å². The summed E-state index contributed by atoms with van der Waals surface area (Å²) in [6.45, 7) is 5.74. The molecule has 3 aliphatic rings. The average molecular weight is 1020 g/mol. The maximum Gasteiger partial charge on any atom is 0.338 e. The van der Waals surface area contributed by atoms with Gasteiger partial charge in [-0.25, -0.2) is 9.59 Å². The molecule has 0 bridgehead atoms. The quantitative estimate of drug-likeness (QED) is 0.0739. The first kappa shape index (κ1) is 53.9. The van der Waals surface area contributed by atoms with Gasteiger partial charge < -0.3 is 52.1 Å². The second kappa shape index (κ2) is 24.2. The van der Waals surface area contributed by atoms with Crippen molar-refractivity contribution in [1.29, 1.82) is 0 Å². The first-order valence-electron chi connectivity index (χ1n) is 23.3. The van der Waals surface area contributed by atoms with Crippen molar-refractivity contribution >= 4 is 53.6 Å². The van der Waals surface area contributed by atoms with Crippen LogP contribution in [0.3, 0.4) is 0 Å². The lowest BCUT2D eigenvalue weighted by molar-refractivity contribution is -0.355. The lowest BCUT2D eigenvalue weighted by atomic mass is 9.93. The molecule has 7 rings (SSSR count). The number of benzene rings is 4. The summed E-state index contributed by atoms with van der Waals surface area (Å²) in [5.41, 5.74) is 1.23. The maximum atomic E-state index is 14.5. The van der Waals surface area contributed by atoms with E-state index in [1.165, 1.54) is 55.5 Å². The predicted octanol–water partition coefficient (Wildman–Crippen LogP) is 4.77. The van der Waals surface area contributed by atoms with Crippen molar-refractivity contribution < 1.29 is 95.3 Å². The van der Waals surface area contributed by atoms with E-state index in [0.29, 0.717) is 16.0 Å². The van der Waals surface area contributed by atoms with Gasteiger partial charge >= 0.3 is 41.8 Å². The fourth-order valence-electron chi connectivity index (χ4n) is 8.57. The van der Waals surface area contributed by atoms with E-state index in [2.05, 4.69) is 0 Å². The third-order valence-electron chi connectivity index (χ3n) is 11.8. The Morgan fingerprint density at radius 3 is 1.50 bits per heavy atom. The Balaban J connectivity index is 1.39. The SMILES string of the molecule is CC(=O)OCc1ccc(C(C)O[C@@H]2O[C@H](COC(=O)c3ccccc3)[C@H](OC(C)=O)[C@H](O[C@@H]3O[C@H](COC(C)=O)[C@@H](OC(C)=O)[C@H](OC(C)=O)[C@H]3N3C(=O)c4ccccc4C3=O)[C@H]2OC(=O)c2ccccc2)cc1. The molecule has 0 radical (unpaired) electrons. The number of hydrogen-bond acceptors (Lipinski definition) is 20. The molecule has 21 nitrogen and oxygen atoms in total. The summed E-state index contributed by atoms with van der Waals surface area (Å²) in [6.07, 6.45) is -16.8. The molecule has 4 aromatic carbocycles. The van der Waals surface area contributed by atoms with E-state index in [1.54, 1.807) is 67.6 Å². The van der Waals surface area contributed by atoms with Gasteiger partial charge in [-0.05, 0) is 54.4 Å². The molecule has 1 unspecified atom stereocenters. The molecule has 0 aliphatic carbocycles. The number of carbonyl (C=O) groups is 9. The largest absolute Gasteiger partial charge is 0.463 e. The number of hydrogen-bond donors (Lipinski definition) is 0. The van der Waals surface area contributed by atoms with Crippen LogP contribution in [0.1, 0.15) is 100 Å². The Bertz CT molecular complexity index is 2680. The first-order chi connectivity index (χ1) is 35.4. The van der Waals surface area contributed by atoms with Gasteiger partial charge in [0.15, 0.2) is 37.0 Å². The summed E-state index contributed by atoms with van der Waals surface area (Å²) in [6, 6.07) is 26.3. The van der Waals surface area contributed by atoms with Crippen molar-refractivity contribution in [2.75, 3.05) is 13.2 Å². The smallest absolute Gasteiger partial charge is 0.338 e. The van der Waals surface area contributed by atoms with Crippen LogP contribution in [0.15, 0.2) is 109 Å². The number of ether oxygens (including phenoxy) is 11. The second-order valence-corrected chi connectivity index (χ2v) is 17.2. The van der Waals surface area contributed by atoms with E-state index >= 15 is 0 Å². The van der Waals surface area contributed by atoms with E-state index in [0.717, 1.165) is 27.7 Å². The monoisotopic (exact) mass is 1020 g/mol. The van der Waals surface area contributed by atoms with Crippen LogP contribution in [-0.2, 0) is 82.7 Å². The fraction of sp³-hybridized carbons (Fsp3) is 0.377. The summed E-state index contributed by atoms with van der Waals surface area (Å²) in [7, 11) is 0. The van der Waals surface area contributed by atoms with E-state index in [1.807, 2.05) is 0 Å². The third kappa shape index (κ3) is 13.0. The normalized spacial score (nSPS) is 24.6. The molecule has 0 aromatic heterocycles. The maximum absolute atomic E-state index is 14.5. The van der Waals surface area contributed by atoms with Crippen molar-refractivity contribution in [3.8, 4) is 0 Å². The molecule has 2 amide bonds. The Morgan fingerprint density at radius 1 is 0.500 bits per heavy atom. The first-order valence-corrected chi connectivity index (χ1v) is 23.3. The molecule has 4 aromatic rings. The highest BCUT2D eigenvalue weighted by atomic mass is 16.8. The molecule has 21 heteroatoms. The van der Waals surface area contributed by atoms with Crippen LogP contribution in [-0.4, -0.2) is 133 Å². The highest BCUT2D eigenvalue weighted by Gasteiger charge is 2.60. The van der Waals surface area contributed by atoms with Crippen LogP contribution in [0.4, 0.5) is 0 Å². The van der Waals surface area contributed by atoms with Crippen molar-refractivity contribution in [3.05, 3.63) is 143 Å². The summed E-state index contributed by atoms with van der Waals surface area (Å²) in [5.74, 6) is -7.78. The number of amides is 2. The van der Waals surface area contributed by atoms with Crippen LogP contribution in [0.25, 0.3) is 0 Å². The summed E-state index contributed by atoms with van der Waals surface area (Å²) < 4.78 is 66.4. The van der Waals surface area contributed by atoms with Crippen LogP contribution < -0.4 is 0 Å². The van der Waals surface area contributed by atoms with Crippen LogP contribution in [0, 0.1) is 0 Å². The lowest BCUT2D eigenvalue weighted by Gasteiger charge is -2.50. The Labute approximate surface area is 424 Å². The van der Waals surface area contributed by atoms with E-state index in [-0.39, 0.29) is 28.9 Å². The minimum atomic E-state index is -2.05. The zero-order valence-corrected chi connectivity index (χ0v) is 41.0. The molecule has 0 N–H and O–H groups in total. The summed E-state index contributed by atoms with van der Waals surface area (Å²) >= 11 is 0. The van der Waals surface area contributed by atoms with E-state index in [4.69, 9.17) is 52.1 Å². The highest BCUT2D eigenvalue weighted by Crippen LogP contribution is 2.40. The molecular formula is C53H53NO20. The average Bonchev–Trinajstić information content (AvgIpc) is 3.62. The highest BCUT2D eigenvalue weighted by molar-refractivity contribution is 6.21. The van der Waals surface area contributed by atoms with Gasteiger partial charge in [0.1, 0.15) is 44.2 Å². The predicted molar refractivity (Wildman–Crippen MR) is 250 cm³/mol. The van der Waals surface area contributed by atoms with Crippen LogP contribution in [0.5, 0.6) is 0 Å². The molecule has 390 valence electrons. The molecule has 11 atom stereocenters. The molecule has 2 fully saturated rings. The van der Waals surface area contributed by atoms with Crippen molar-refractivity contribution in [3.63, 3.8) is 0 Å². The van der Waals surface area contributed by atoms with Gasteiger partial charge in [-0.15, -0.1) is 0 Å². The third-order valence-corrected chi connectivity index (χ3v) is 11.8. The molecule has 74 heavy (non-hydrogen) atoms. The topological polar surface area (TPSA) is 258 Å². The molecular weight excluding hydrogens is 971 g/mol. The van der Waals surface area contributed by atoms with E-state index in [9.17, 15) is 43.2 Å². The minimum absolute atomic E-state index is 0.0132. The number of nitrogens with zero attached hydrogens (tertiary/aromatic N) is 1. The Kier molecular flexibility index (Phi) is 17.7. The fourth-order valence-corrected chi connectivity index (χ4v) is 8.57. The zero-order chi connectivity index (χ0) is 53.2. The van der Waals surface area contributed by atoms with Crippen molar-refractivity contribution in [1.82, 2.24) is 4.90 Å². The molecule has 3 aliphatic heterocycles. The van der Waals surface area contributed by atoms with Gasteiger partial charge in [0, 0.05) is 34.6 Å². The van der Waals surface area contributed by atoms with Gasteiger partial charge in [0.25, 0.3) is 11.8 Å². The molecule has 2 saturated heterocycles. The Morgan fingerprint density at radius 2 is 0.973 bits per heavy atom. The zero-order valence-electron chi connectivity index (χ0n) is 41.0. The summed E-state index contributed by atoms with van der Waals surface area (Å²) in [4.78, 5) is 121. The Hall–Kier alpha value is -7.85. The number of imide groups is 1. The van der Waals surface area contributed by atoms with Crippen LogP contribution >= 0.6 is 0 Å². The molecule has 3 heterocycles. The molecule has 0 spiro atoms. The lowest BCUT2D eigenvalue weighted by Crippen LogP contribution is -2.70. The van der Waals surface area contributed by atoms with Gasteiger partial charge in [-0.1, -0.05) is 72.8 Å². The standard InChI is InChI=1S/C53H53NO20/c1-28(35-23-21-34(22-24-35)25-64-29(2)55)67-53-47(73-51(63)37-17-11-8-12-18-37)46(44(69-32(5)58)41(72-53)27-66-50(62)36-15-9-7-10-16-36)74-52-42(54-48(60)38-19-13-14-20-39(38)49(54)61)45(70-33(6)59)43(68-31(4)57)40(71-52)26-65-30(3)56/h7-24,28,40-47,52-53H,25-27H2,1-6H3/t28?,40-,41-,42-,43-,44+,45-,46+,47-,52+,53-/m1/s1. The second-order valence-electron chi connectivity index (χ2n) is 17.2. The van der Waals surface area contributed by atoms with Gasteiger partial charge in [-0.2, -0.15) is 0 Å². The van der Waals surface area contributed by atoms with Crippen molar-refractivity contribution in [2.24, 2.45) is 0 Å². The number of rotatable bonds is 18. The van der Waals surface area contributed by atoms with Gasteiger partial charge in [0.05, 0.1) is 28.4 Å².